The van der Waals surface area contributed by atoms with Crippen molar-refractivity contribution < 1.29 is 17.6 Å². The Morgan fingerprint density at radius 1 is 1.38 bits per heavy atom. The third-order valence-corrected chi connectivity index (χ3v) is 3.79. The van der Waals surface area contributed by atoms with Crippen LogP contribution in [0.2, 0.25) is 0 Å². The van der Waals surface area contributed by atoms with E-state index in [9.17, 15) is 17.6 Å². The number of rotatable bonds is 4. The maximum absolute atomic E-state index is 13.2. The molecule has 0 amide bonds. The second-order valence-corrected chi connectivity index (χ2v) is 5.51. The van der Waals surface area contributed by atoms with Crippen molar-refractivity contribution in [1.82, 2.24) is 5.32 Å². The summed E-state index contributed by atoms with van der Waals surface area (Å²) in [4.78, 5) is 0. The predicted octanol–water partition coefficient (Wildman–Crippen LogP) is 4.15. The fourth-order valence-electron chi connectivity index (χ4n) is 2.55. The van der Waals surface area contributed by atoms with Gasteiger partial charge in [0.1, 0.15) is 6.17 Å². The van der Waals surface area contributed by atoms with E-state index in [4.69, 9.17) is 0 Å². The van der Waals surface area contributed by atoms with Gasteiger partial charge in [0.2, 0.25) is 0 Å². The van der Waals surface area contributed by atoms with Gasteiger partial charge in [-0.15, -0.1) is 0 Å². The maximum atomic E-state index is 13.2. The van der Waals surface area contributed by atoms with Crippen LogP contribution in [-0.2, 0) is 6.18 Å². The van der Waals surface area contributed by atoms with Gasteiger partial charge in [0.05, 0.1) is 5.56 Å². The van der Waals surface area contributed by atoms with Crippen LogP contribution in [0.3, 0.4) is 0 Å². The molecule has 0 spiro atoms. The molecule has 2 unspecified atom stereocenters. The Kier molecular flexibility index (Phi) is 5.08. The maximum Gasteiger partial charge on any atom is 0.418 e. The van der Waals surface area contributed by atoms with Crippen molar-refractivity contribution in [3.05, 3.63) is 29.3 Å². The van der Waals surface area contributed by atoms with Crippen molar-refractivity contribution in [3.8, 4) is 0 Å². The Balaban J connectivity index is 2.13. The summed E-state index contributed by atoms with van der Waals surface area (Å²) in [6, 6.07) is 3.62. The standard InChI is InChI=1S/C15H20F4N2/c1-10(16)12-4-5-14(13(7-12)15(17,18)19)21-9-11-3-2-6-20-8-11/h4-5,7,10-11,20-21H,2-3,6,8-9H2,1H3. The van der Waals surface area contributed by atoms with Gasteiger partial charge in [0.15, 0.2) is 0 Å². The van der Waals surface area contributed by atoms with Gasteiger partial charge in [0.25, 0.3) is 0 Å². The van der Waals surface area contributed by atoms with E-state index < -0.39 is 17.9 Å². The summed E-state index contributed by atoms with van der Waals surface area (Å²) in [7, 11) is 0. The molecule has 2 nitrogen and oxygen atoms in total. The quantitative estimate of drug-likeness (QED) is 0.817. The summed E-state index contributed by atoms with van der Waals surface area (Å²) in [5, 5.41) is 6.10. The Bertz CT molecular complexity index is 465. The molecule has 1 saturated heterocycles. The molecule has 0 radical (unpaired) electrons. The zero-order valence-electron chi connectivity index (χ0n) is 11.9. The van der Waals surface area contributed by atoms with E-state index in [2.05, 4.69) is 10.6 Å². The minimum absolute atomic E-state index is 0.0254. The summed E-state index contributed by atoms with van der Waals surface area (Å²) < 4.78 is 52.5. The molecule has 0 bridgehead atoms. The van der Waals surface area contributed by atoms with Gasteiger partial charge in [-0.05, 0) is 56.5 Å². The van der Waals surface area contributed by atoms with Gasteiger partial charge in [-0.1, -0.05) is 6.07 Å². The Morgan fingerprint density at radius 3 is 2.71 bits per heavy atom. The van der Waals surface area contributed by atoms with E-state index in [-0.39, 0.29) is 11.3 Å². The highest BCUT2D eigenvalue weighted by molar-refractivity contribution is 5.54. The summed E-state index contributed by atoms with van der Waals surface area (Å²) in [5.74, 6) is 0.319. The fourth-order valence-corrected chi connectivity index (χ4v) is 2.55. The second-order valence-electron chi connectivity index (χ2n) is 5.51. The van der Waals surface area contributed by atoms with Crippen LogP contribution in [0.25, 0.3) is 0 Å². The average Bonchev–Trinajstić information content (AvgIpc) is 2.45. The minimum atomic E-state index is -4.49. The highest BCUT2D eigenvalue weighted by atomic mass is 19.4. The van der Waals surface area contributed by atoms with Gasteiger partial charge in [0, 0.05) is 12.2 Å². The third-order valence-electron chi connectivity index (χ3n) is 3.79. The molecule has 2 rings (SSSR count). The Morgan fingerprint density at radius 2 is 2.14 bits per heavy atom. The number of anilines is 1. The highest BCUT2D eigenvalue weighted by Crippen LogP contribution is 2.37. The van der Waals surface area contributed by atoms with Crippen molar-refractivity contribution in [2.75, 3.05) is 25.0 Å². The normalized spacial score (nSPS) is 21.1. The van der Waals surface area contributed by atoms with Crippen molar-refractivity contribution in [2.45, 2.75) is 32.1 Å². The lowest BCUT2D eigenvalue weighted by Crippen LogP contribution is -2.33. The van der Waals surface area contributed by atoms with Gasteiger partial charge in [-0.2, -0.15) is 13.2 Å². The summed E-state index contributed by atoms with van der Waals surface area (Å²) in [6.07, 6.45) is -3.86. The number of nitrogens with one attached hydrogen (secondary N) is 2. The van der Waals surface area contributed by atoms with Gasteiger partial charge < -0.3 is 10.6 Å². The summed E-state index contributed by atoms with van der Waals surface area (Å²) in [5.41, 5.74) is -0.724. The van der Waals surface area contributed by atoms with Crippen molar-refractivity contribution in [2.24, 2.45) is 5.92 Å². The molecule has 118 valence electrons. The number of piperidine rings is 1. The van der Waals surface area contributed by atoms with Crippen LogP contribution in [0.15, 0.2) is 18.2 Å². The van der Waals surface area contributed by atoms with Crippen LogP contribution >= 0.6 is 0 Å². The number of alkyl halides is 4. The first kappa shape index (κ1) is 16.1. The zero-order chi connectivity index (χ0) is 15.5. The topological polar surface area (TPSA) is 24.1 Å². The molecule has 1 aromatic carbocycles. The van der Waals surface area contributed by atoms with Crippen molar-refractivity contribution in [1.29, 1.82) is 0 Å². The first-order chi connectivity index (χ1) is 9.88. The van der Waals surface area contributed by atoms with E-state index in [0.29, 0.717) is 12.5 Å². The van der Waals surface area contributed by atoms with E-state index in [1.54, 1.807) is 0 Å². The smallest absolute Gasteiger partial charge is 0.384 e. The van der Waals surface area contributed by atoms with Crippen LogP contribution in [0.5, 0.6) is 0 Å². The molecular weight excluding hydrogens is 284 g/mol. The molecule has 21 heavy (non-hydrogen) atoms. The molecule has 0 aliphatic carbocycles. The largest absolute Gasteiger partial charge is 0.418 e. The molecule has 1 heterocycles. The molecule has 0 aromatic heterocycles. The molecular formula is C15H20F4N2. The third kappa shape index (κ3) is 4.33. The summed E-state index contributed by atoms with van der Waals surface area (Å²) in [6.45, 7) is 3.50. The molecule has 1 aromatic rings. The van der Waals surface area contributed by atoms with E-state index in [1.807, 2.05) is 0 Å². The average molecular weight is 304 g/mol. The molecule has 2 N–H and O–H groups in total. The minimum Gasteiger partial charge on any atom is -0.384 e. The molecule has 2 atom stereocenters. The zero-order valence-corrected chi connectivity index (χ0v) is 11.9. The molecule has 1 fully saturated rings. The Labute approximate surface area is 121 Å². The molecule has 1 aliphatic heterocycles. The molecule has 6 heteroatoms. The predicted molar refractivity (Wildman–Crippen MR) is 75.1 cm³/mol. The number of benzene rings is 1. The van der Waals surface area contributed by atoms with Crippen LogP contribution in [-0.4, -0.2) is 19.6 Å². The first-order valence-corrected chi connectivity index (χ1v) is 7.17. The Hall–Kier alpha value is -1.30. The number of halogens is 4. The lowest BCUT2D eigenvalue weighted by Gasteiger charge is -2.24. The van der Waals surface area contributed by atoms with Crippen LogP contribution in [0.1, 0.15) is 37.1 Å². The lowest BCUT2D eigenvalue weighted by atomic mass is 9.99. The lowest BCUT2D eigenvalue weighted by molar-refractivity contribution is -0.137. The summed E-state index contributed by atoms with van der Waals surface area (Å²) >= 11 is 0. The van der Waals surface area contributed by atoms with Gasteiger partial charge >= 0.3 is 6.18 Å². The van der Waals surface area contributed by atoms with E-state index in [1.165, 1.54) is 19.1 Å². The number of hydrogen-bond donors (Lipinski definition) is 2. The molecule has 1 aliphatic rings. The van der Waals surface area contributed by atoms with Crippen LogP contribution in [0, 0.1) is 5.92 Å². The van der Waals surface area contributed by atoms with Gasteiger partial charge in [-0.3, -0.25) is 0 Å². The van der Waals surface area contributed by atoms with Crippen LogP contribution < -0.4 is 10.6 Å². The van der Waals surface area contributed by atoms with E-state index in [0.717, 1.165) is 32.0 Å². The number of hydrogen-bond acceptors (Lipinski definition) is 2. The first-order valence-electron chi connectivity index (χ1n) is 7.17. The van der Waals surface area contributed by atoms with Crippen molar-refractivity contribution >= 4 is 5.69 Å². The molecule has 0 saturated carbocycles. The fraction of sp³-hybridized carbons (Fsp3) is 0.600. The van der Waals surface area contributed by atoms with Crippen LogP contribution in [0.4, 0.5) is 23.2 Å². The second kappa shape index (κ2) is 6.64. The SMILES string of the molecule is CC(F)c1ccc(NCC2CCCNC2)c(C(F)(F)F)c1. The monoisotopic (exact) mass is 304 g/mol. The highest BCUT2D eigenvalue weighted by Gasteiger charge is 2.34. The van der Waals surface area contributed by atoms with Gasteiger partial charge in [-0.25, -0.2) is 4.39 Å². The van der Waals surface area contributed by atoms with Crippen molar-refractivity contribution in [3.63, 3.8) is 0 Å². The van der Waals surface area contributed by atoms with E-state index >= 15 is 0 Å².